The number of hydrogen-bond donors (Lipinski definition) is 1. The Morgan fingerprint density at radius 1 is 1.32 bits per heavy atom. The Hall–Kier alpha value is -2.23. The smallest absolute Gasteiger partial charge is 0.293 e. The number of amides is 1. The summed E-state index contributed by atoms with van der Waals surface area (Å²) >= 11 is 0. The molecule has 0 spiro atoms. The average Bonchev–Trinajstić information content (AvgIpc) is 2.85. The number of anilines is 2. The standard InChI is InChI=1S/C15H16N2O2/c1-10-7-8-14(19-10)15(18)17-9-3-4-11-12(16)5-2-6-13(11)17/h2,5-8H,3-4,9,16H2,1H3. The number of nitrogens with two attached hydrogens (primary N) is 1. The molecule has 19 heavy (non-hydrogen) atoms. The first kappa shape index (κ1) is 11.8. The summed E-state index contributed by atoms with van der Waals surface area (Å²) in [5, 5.41) is 0. The molecule has 2 N–H and O–H groups in total. The third-order valence-electron chi connectivity index (χ3n) is 3.48. The number of carbonyl (C=O) groups excluding carboxylic acids is 1. The van der Waals surface area contributed by atoms with E-state index in [1.54, 1.807) is 17.0 Å². The fraction of sp³-hybridized carbons (Fsp3) is 0.267. The lowest BCUT2D eigenvalue weighted by molar-refractivity contribution is 0.0957. The Kier molecular flexibility index (Phi) is 2.78. The van der Waals surface area contributed by atoms with E-state index >= 15 is 0 Å². The predicted molar refractivity (Wildman–Crippen MR) is 74.3 cm³/mol. The van der Waals surface area contributed by atoms with Crippen molar-refractivity contribution in [3.8, 4) is 0 Å². The quantitative estimate of drug-likeness (QED) is 0.798. The summed E-state index contributed by atoms with van der Waals surface area (Å²) in [6, 6.07) is 9.23. The molecule has 1 amide bonds. The van der Waals surface area contributed by atoms with E-state index in [4.69, 9.17) is 10.2 Å². The highest BCUT2D eigenvalue weighted by molar-refractivity contribution is 6.05. The third-order valence-corrected chi connectivity index (χ3v) is 3.48. The molecule has 0 atom stereocenters. The third kappa shape index (κ3) is 1.99. The van der Waals surface area contributed by atoms with Crippen molar-refractivity contribution in [2.24, 2.45) is 0 Å². The van der Waals surface area contributed by atoms with Crippen molar-refractivity contribution in [1.82, 2.24) is 0 Å². The normalized spacial score (nSPS) is 14.3. The van der Waals surface area contributed by atoms with Gasteiger partial charge in [0.1, 0.15) is 5.76 Å². The number of fused-ring (bicyclic) bond motifs is 1. The monoisotopic (exact) mass is 256 g/mol. The van der Waals surface area contributed by atoms with E-state index in [1.807, 2.05) is 25.1 Å². The van der Waals surface area contributed by atoms with Gasteiger partial charge in [0.05, 0.1) is 0 Å². The molecule has 98 valence electrons. The Bertz CT molecular complexity index is 631. The number of nitrogen functional groups attached to an aromatic ring is 1. The minimum atomic E-state index is -0.0975. The van der Waals surface area contributed by atoms with E-state index in [2.05, 4.69) is 0 Å². The summed E-state index contributed by atoms with van der Waals surface area (Å²) < 4.78 is 5.42. The molecule has 4 nitrogen and oxygen atoms in total. The summed E-state index contributed by atoms with van der Waals surface area (Å²) in [5.41, 5.74) is 8.71. The van der Waals surface area contributed by atoms with Gasteiger partial charge >= 0.3 is 0 Å². The molecular weight excluding hydrogens is 240 g/mol. The molecule has 0 saturated carbocycles. The van der Waals surface area contributed by atoms with E-state index < -0.39 is 0 Å². The van der Waals surface area contributed by atoms with Crippen LogP contribution in [0.5, 0.6) is 0 Å². The number of benzene rings is 1. The molecule has 1 aliphatic heterocycles. The number of carbonyl (C=O) groups is 1. The largest absolute Gasteiger partial charge is 0.456 e. The zero-order valence-corrected chi connectivity index (χ0v) is 10.8. The molecule has 0 aliphatic carbocycles. The molecule has 0 saturated heterocycles. The molecule has 1 aromatic heterocycles. The number of hydrogen-bond acceptors (Lipinski definition) is 3. The molecule has 0 fully saturated rings. The van der Waals surface area contributed by atoms with Crippen molar-refractivity contribution in [3.63, 3.8) is 0 Å². The lowest BCUT2D eigenvalue weighted by Crippen LogP contribution is -2.35. The minimum Gasteiger partial charge on any atom is -0.456 e. The van der Waals surface area contributed by atoms with Gasteiger partial charge in [-0.25, -0.2) is 0 Å². The van der Waals surface area contributed by atoms with Crippen LogP contribution in [0.4, 0.5) is 11.4 Å². The summed E-state index contributed by atoms with van der Waals surface area (Å²) in [6.07, 6.45) is 1.84. The second-order valence-electron chi connectivity index (χ2n) is 4.82. The Labute approximate surface area is 111 Å². The molecule has 0 radical (unpaired) electrons. The van der Waals surface area contributed by atoms with Gasteiger partial charge in [-0.2, -0.15) is 0 Å². The van der Waals surface area contributed by atoms with Crippen LogP contribution in [0, 0.1) is 6.92 Å². The topological polar surface area (TPSA) is 59.5 Å². The van der Waals surface area contributed by atoms with E-state index in [-0.39, 0.29) is 5.91 Å². The van der Waals surface area contributed by atoms with Crippen molar-refractivity contribution in [3.05, 3.63) is 47.4 Å². The van der Waals surface area contributed by atoms with Gasteiger partial charge in [-0.3, -0.25) is 4.79 Å². The average molecular weight is 256 g/mol. The fourth-order valence-corrected chi connectivity index (χ4v) is 2.55. The minimum absolute atomic E-state index is 0.0975. The summed E-state index contributed by atoms with van der Waals surface area (Å²) in [6.45, 7) is 2.54. The van der Waals surface area contributed by atoms with Crippen molar-refractivity contribution in [2.75, 3.05) is 17.2 Å². The van der Waals surface area contributed by atoms with Gasteiger partial charge in [0.25, 0.3) is 5.91 Å². The van der Waals surface area contributed by atoms with Crippen LogP contribution in [-0.4, -0.2) is 12.5 Å². The SMILES string of the molecule is Cc1ccc(C(=O)N2CCCc3c(N)cccc32)o1. The van der Waals surface area contributed by atoms with Crippen LogP contribution < -0.4 is 10.6 Å². The van der Waals surface area contributed by atoms with E-state index in [0.29, 0.717) is 12.3 Å². The lowest BCUT2D eigenvalue weighted by atomic mass is 9.99. The van der Waals surface area contributed by atoms with Gasteiger partial charge in [0, 0.05) is 17.9 Å². The van der Waals surface area contributed by atoms with Crippen LogP contribution >= 0.6 is 0 Å². The Morgan fingerprint density at radius 3 is 2.89 bits per heavy atom. The van der Waals surface area contributed by atoms with Crippen LogP contribution in [0.15, 0.2) is 34.7 Å². The van der Waals surface area contributed by atoms with Gasteiger partial charge in [-0.1, -0.05) is 6.07 Å². The molecule has 3 rings (SSSR count). The van der Waals surface area contributed by atoms with Crippen LogP contribution in [0.25, 0.3) is 0 Å². The Morgan fingerprint density at radius 2 is 2.16 bits per heavy atom. The molecule has 4 heteroatoms. The molecule has 2 heterocycles. The van der Waals surface area contributed by atoms with Crippen LogP contribution in [0.2, 0.25) is 0 Å². The zero-order valence-electron chi connectivity index (χ0n) is 10.8. The molecule has 1 aromatic carbocycles. The molecule has 2 aromatic rings. The molecule has 1 aliphatic rings. The van der Waals surface area contributed by atoms with Crippen LogP contribution in [-0.2, 0) is 6.42 Å². The number of aryl methyl sites for hydroxylation is 1. The van der Waals surface area contributed by atoms with Gasteiger partial charge < -0.3 is 15.1 Å². The maximum Gasteiger partial charge on any atom is 0.293 e. The van der Waals surface area contributed by atoms with E-state index in [0.717, 1.165) is 35.5 Å². The first-order valence-corrected chi connectivity index (χ1v) is 6.42. The number of nitrogens with zero attached hydrogens (tertiary/aromatic N) is 1. The summed E-state index contributed by atoms with van der Waals surface area (Å²) in [4.78, 5) is 14.2. The van der Waals surface area contributed by atoms with Gasteiger partial charge in [0.2, 0.25) is 0 Å². The van der Waals surface area contributed by atoms with Gasteiger partial charge in [-0.05, 0) is 49.6 Å². The zero-order chi connectivity index (χ0) is 13.4. The first-order valence-electron chi connectivity index (χ1n) is 6.42. The second-order valence-corrected chi connectivity index (χ2v) is 4.82. The molecule has 0 unspecified atom stereocenters. The van der Waals surface area contributed by atoms with E-state index in [1.165, 1.54) is 0 Å². The highest BCUT2D eigenvalue weighted by atomic mass is 16.3. The Balaban J connectivity index is 2.00. The van der Waals surface area contributed by atoms with Crippen molar-refractivity contribution >= 4 is 17.3 Å². The summed E-state index contributed by atoms with van der Waals surface area (Å²) in [7, 11) is 0. The van der Waals surface area contributed by atoms with Crippen LogP contribution in [0.1, 0.15) is 28.3 Å². The maximum atomic E-state index is 12.5. The predicted octanol–water partition coefficient (Wildman–Crippen LogP) is 2.76. The first-order chi connectivity index (χ1) is 9.16. The molecule has 0 bridgehead atoms. The molecular formula is C15H16N2O2. The summed E-state index contributed by atoms with van der Waals surface area (Å²) in [5.74, 6) is 1.03. The van der Waals surface area contributed by atoms with E-state index in [9.17, 15) is 4.79 Å². The lowest BCUT2D eigenvalue weighted by Gasteiger charge is -2.29. The van der Waals surface area contributed by atoms with Crippen molar-refractivity contribution in [1.29, 1.82) is 0 Å². The van der Waals surface area contributed by atoms with Gasteiger partial charge in [-0.15, -0.1) is 0 Å². The highest BCUT2D eigenvalue weighted by Gasteiger charge is 2.26. The second kappa shape index (κ2) is 4.46. The number of rotatable bonds is 1. The van der Waals surface area contributed by atoms with Crippen molar-refractivity contribution in [2.45, 2.75) is 19.8 Å². The van der Waals surface area contributed by atoms with Crippen molar-refractivity contribution < 1.29 is 9.21 Å². The number of furan rings is 1. The maximum absolute atomic E-state index is 12.5. The van der Waals surface area contributed by atoms with Gasteiger partial charge in [0.15, 0.2) is 5.76 Å². The fourth-order valence-electron chi connectivity index (χ4n) is 2.55. The highest BCUT2D eigenvalue weighted by Crippen LogP contribution is 2.32. The van der Waals surface area contributed by atoms with Crippen LogP contribution in [0.3, 0.4) is 0 Å².